The molecule has 1 aliphatic rings. The number of H-pyrrole nitrogens is 2. The fourth-order valence-electron chi connectivity index (χ4n) is 2.03. The fraction of sp³-hybridized carbons (Fsp3) is 0.273. The van der Waals surface area contributed by atoms with Gasteiger partial charge in [-0.15, -0.1) is 0 Å². The minimum absolute atomic E-state index is 0.272. The predicted octanol–water partition coefficient (Wildman–Crippen LogP) is 0.411. The molecule has 0 amide bonds. The van der Waals surface area contributed by atoms with Gasteiger partial charge >= 0.3 is 5.69 Å². The molecule has 0 unspecified atom stereocenters. The van der Waals surface area contributed by atoms with E-state index in [-0.39, 0.29) is 5.69 Å². The molecule has 2 aromatic rings. The number of benzene rings is 1. The van der Waals surface area contributed by atoms with Crippen LogP contribution in [0.25, 0.3) is 11.4 Å². The summed E-state index contributed by atoms with van der Waals surface area (Å²) in [4.78, 5) is 13.6. The van der Waals surface area contributed by atoms with E-state index < -0.39 is 0 Å². The molecule has 5 nitrogen and oxygen atoms in total. The molecule has 0 saturated carbocycles. The van der Waals surface area contributed by atoms with E-state index in [2.05, 4.69) is 32.6 Å². The Kier molecular flexibility index (Phi) is 2.11. The van der Waals surface area contributed by atoms with Crippen LogP contribution in [0.4, 0.5) is 0 Å². The molecular weight excluding hydrogens is 204 g/mol. The third-order valence-corrected chi connectivity index (χ3v) is 2.87. The number of hydrogen-bond acceptors (Lipinski definition) is 3. The first kappa shape index (κ1) is 9.35. The Hall–Kier alpha value is -1.88. The van der Waals surface area contributed by atoms with Crippen LogP contribution in [0, 0.1) is 0 Å². The first-order chi connectivity index (χ1) is 7.83. The Morgan fingerprint density at radius 3 is 3.00 bits per heavy atom. The van der Waals surface area contributed by atoms with Crippen molar-refractivity contribution in [2.45, 2.75) is 13.0 Å². The summed E-state index contributed by atoms with van der Waals surface area (Å²) in [6.07, 6.45) is 1.06. The summed E-state index contributed by atoms with van der Waals surface area (Å²) in [7, 11) is 0. The van der Waals surface area contributed by atoms with E-state index in [0.29, 0.717) is 5.82 Å². The summed E-state index contributed by atoms with van der Waals surface area (Å²) in [5.74, 6) is 0.596. The average Bonchev–Trinajstić information content (AvgIpc) is 2.75. The van der Waals surface area contributed by atoms with Crippen molar-refractivity contribution >= 4 is 0 Å². The second kappa shape index (κ2) is 3.61. The molecule has 82 valence electrons. The maximum absolute atomic E-state index is 11.0. The maximum Gasteiger partial charge on any atom is 0.340 e. The van der Waals surface area contributed by atoms with Gasteiger partial charge in [-0.2, -0.15) is 5.10 Å². The Balaban J connectivity index is 2.06. The van der Waals surface area contributed by atoms with Crippen molar-refractivity contribution in [2.24, 2.45) is 0 Å². The SMILES string of the molecule is O=c1[nH]nc(-c2ccc3c(c2)CNCC3)[nH]1. The first-order valence-corrected chi connectivity index (χ1v) is 5.30. The molecule has 1 aromatic heterocycles. The summed E-state index contributed by atoms with van der Waals surface area (Å²) in [6.45, 7) is 1.92. The van der Waals surface area contributed by atoms with E-state index in [9.17, 15) is 4.79 Å². The Labute approximate surface area is 91.9 Å². The van der Waals surface area contributed by atoms with Crippen molar-refractivity contribution in [3.05, 3.63) is 39.8 Å². The number of aromatic nitrogens is 3. The molecule has 3 rings (SSSR count). The Morgan fingerprint density at radius 2 is 2.19 bits per heavy atom. The molecule has 2 heterocycles. The molecule has 0 radical (unpaired) electrons. The summed E-state index contributed by atoms with van der Waals surface area (Å²) < 4.78 is 0. The second-order valence-electron chi connectivity index (χ2n) is 3.94. The molecule has 0 saturated heterocycles. The number of nitrogens with zero attached hydrogens (tertiary/aromatic N) is 1. The van der Waals surface area contributed by atoms with E-state index in [1.807, 2.05) is 6.07 Å². The smallest absolute Gasteiger partial charge is 0.312 e. The van der Waals surface area contributed by atoms with Crippen molar-refractivity contribution < 1.29 is 0 Å². The lowest BCUT2D eigenvalue weighted by molar-refractivity contribution is 0.644. The first-order valence-electron chi connectivity index (χ1n) is 5.30. The molecular formula is C11H12N4O. The molecule has 1 aromatic carbocycles. The zero-order valence-corrected chi connectivity index (χ0v) is 8.71. The zero-order valence-electron chi connectivity index (χ0n) is 8.71. The lowest BCUT2D eigenvalue weighted by Crippen LogP contribution is -2.23. The van der Waals surface area contributed by atoms with Gasteiger partial charge in [0.2, 0.25) is 0 Å². The highest BCUT2D eigenvalue weighted by Crippen LogP contribution is 2.20. The quantitative estimate of drug-likeness (QED) is 0.646. The number of fused-ring (bicyclic) bond motifs is 1. The highest BCUT2D eigenvalue weighted by molar-refractivity contribution is 5.57. The standard InChI is InChI=1S/C11H12N4O/c16-11-13-10(14-15-11)8-2-1-7-3-4-12-6-9(7)5-8/h1-2,5,12H,3-4,6H2,(H2,13,14,15,16). The normalized spacial score (nSPS) is 14.8. The van der Waals surface area contributed by atoms with Gasteiger partial charge in [-0.05, 0) is 30.2 Å². The Morgan fingerprint density at radius 1 is 1.25 bits per heavy atom. The molecule has 0 aliphatic carbocycles. The average molecular weight is 216 g/mol. The zero-order chi connectivity index (χ0) is 11.0. The van der Waals surface area contributed by atoms with Crippen molar-refractivity contribution in [1.29, 1.82) is 0 Å². The van der Waals surface area contributed by atoms with Gasteiger partial charge in [-0.3, -0.25) is 4.98 Å². The van der Waals surface area contributed by atoms with Gasteiger partial charge in [0.25, 0.3) is 0 Å². The maximum atomic E-state index is 11.0. The second-order valence-corrected chi connectivity index (χ2v) is 3.94. The number of aromatic amines is 2. The third-order valence-electron chi connectivity index (χ3n) is 2.87. The topological polar surface area (TPSA) is 73.6 Å². The molecule has 1 aliphatic heterocycles. The molecule has 0 bridgehead atoms. The van der Waals surface area contributed by atoms with Crippen molar-refractivity contribution in [3.8, 4) is 11.4 Å². The van der Waals surface area contributed by atoms with Gasteiger partial charge < -0.3 is 5.32 Å². The molecule has 3 N–H and O–H groups in total. The van der Waals surface area contributed by atoms with E-state index >= 15 is 0 Å². The fourth-order valence-corrected chi connectivity index (χ4v) is 2.03. The molecule has 5 heteroatoms. The van der Waals surface area contributed by atoms with Crippen LogP contribution in [-0.4, -0.2) is 21.7 Å². The van der Waals surface area contributed by atoms with Gasteiger partial charge in [0.05, 0.1) is 0 Å². The van der Waals surface area contributed by atoms with Crippen LogP contribution in [0.15, 0.2) is 23.0 Å². The monoisotopic (exact) mass is 216 g/mol. The summed E-state index contributed by atoms with van der Waals surface area (Å²) in [5.41, 5.74) is 3.33. The van der Waals surface area contributed by atoms with Crippen LogP contribution in [0.3, 0.4) is 0 Å². The molecule has 0 spiro atoms. The van der Waals surface area contributed by atoms with E-state index in [4.69, 9.17) is 0 Å². The van der Waals surface area contributed by atoms with Gasteiger partial charge in [-0.25, -0.2) is 9.89 Å². The van der Waals surface area contributed by atoms with Crippen LogP contribution in [0.1, 0.15) is 11.1 Å². The van der Waals surface area contributed by atoms with E-state index in [0.717, 1.165) is 25.1 Å². The Bertz CT molecular complexity index is 569. The van der Waals surface area contributed by atoms with Crippen LogP contribution >= 0.6 is 0 Å². The van der Waals surface area contributed by atoms with Gasteiger partial charge in [0, 0.05) is 12.1 Å². The van der Waals surface area contributed by atoms with Gasteiger partial charge in [0.15, 0.2) is 5.82 Å². The summed E-state index contributed by atoms with van der Waals surface area (Å²) >= 11 is 0. The minimum atomic E-state index is -0.272. The number of nitrogens with one attached hydrogen (secondary N) is 3. The highest BCUT2D eigenvalue weighted by atomic mass is 16.1. The molecule has 16 heavy (non-hydrogen) atoms. The van der Waals surface area contributed by atoms with Crippen molar-refractivity contribution in [2.75, 3.05) is 6.54 Å². The van der Waals surface area contributed by atoms with Crippen LogP contribution in [0.5, 0.6) is 0 Å². The molecule has 0 fully saturated rings. The van der Waals surface area contributed by atoms with Gasteiger partial charge in [-0.1, -0.05) is 12.1 Å². The summed E-state index contributed by atoms with van der Waals surface area (Å²) in [5, 5.41) is 9.62. The predicted molar refractivity (Wildman–Crippen MR) is 60.1 cm³/mol. The van der Waals surface area contributed by atoms with Gasteiger partial charge in [0.1, 0.15) is 0 Å². The third kappa shape index (κ3) is 1.55. The van der Waals surface area contributed by atoms with E-state index in [1.165, 1.54) is 11.1 Å². The van der Waals surface area contributed by atoms with E-state index in [1.54, 1.807) is 0 Å². The lowest BCUT2D eigenvalue weighted by atomic mass is 9.98. The largest absolute Gasteiger partial charge is 0.340 e. The molecule has 0 atom stereocenters. The van der Waals surface area contributed by atoms with Crippen LogP contribution < -0.4 is 11.0 Å². The number of rotatable bonds is 1. The minimum Gasteiger partial charge on any atom is -0.312 e. The lowest BCUT2D eigenvalue weighted by Gasteiger charge is -2.17. The number of hydrogen-bond donors (Lipinski definition) is 3. The van der Waals surface area contributed by atoms with Crippen LogP contribution in [-0.2, 0) is 13.0 Å². The van der Waals surface area contributed by atoms with Crippen LogP contribution in [0.2, 0.25) is 0 Å². The van der Waals surface area contributed by atoms with Crippen molar-refractivity contribution in [3.63, 3.8) is 0 Å². The van der Waals surface area contributed by atoms with Crippen molar-refractivity contribution in [1.82, 2.24) is 20.5 Å². The summed E-state index contributed by atoms with van der Waals surface area (Å²) in [6, 6.07) is 6.18. The highest BCUT2D eigenvalue weighted by Gasteiger charge is 2.10.